The lowest BCUT2D eigenvalue weighted by Gasteiger charge is -2.08. The van der Waals surface area contributed by atoms with Crippen LogP contribution in [0.2, 0.25) is 0 Å². The van der Waals surface area contributed by atoms with E-state index in [0.29, 0.717) is 4.83 Å². The number of hydrogen-bond acceptors (Lipinski definition) is 0. The molecule has 1 aliphatic carbocycles. The van der Waals surface area contributed by atoms with E-state index in [1.807, 2.05) is 0 Å². The summed E-state index contributed by atoms with van der Waals surface area (Å²) in [5, 5.41) is 0. The fourth-order valence-corrected chi connectivity index (χ4v) is 1.56. The summed E-state index contributed by atoms with van der Waals surface area (Å²) in [6, 6.07) is 0. The van der Waals surface area contributed by atoms with Crippen molar-refractivity contribution in [1.82, 2.24) is 0 Å². The van der Waals surface area contributed by atoms with Gasteiger partial charge in [-0.1, -0.05) is 27.8 Å². The molecule has 0 nitrogen and oxygen atoms in total. The molecule has 0 spiro atoms. The minimum absolute atomic E-state index is 0.151. The summed E-state index contributed by atoms with van der Waals surface area (Å²) in [5.41, 5.74) is 0.422. The van der Waals surface area contributed by atoms with E-state index < -0.39 is 0 Å². The molecule has 1 rings (SSSR count). The van der Waals surface area contributed by atoms with Gasteiger partial charge in [0.05, 0.1) is 0 Å². The zero-order chi connectivity index (χ0) is 8.70. The van der Waals surface area contributed by atoms with Crippen molar-refractivity contribution in [3.05, 3.63) is 0 Å². The summed E-state index contributed by atoms with van der Waals surface area (Å²) in [6.07, 6.45) is 1.20. The topological polar surface area (TPSA) is 0 Å². The summed E-state index contributed by atoms with van der Waals surface area (Å²) >= 11 is 3.57. The molecule has 0 amide bonds. The maximum absolute atomic E-state index is 3.57. The molecule has 0 aliphatic heterocycles. The lowest BCUT2D eigenvalue weighted by atomic mass is 9.96. The SMILES string of the molecule is CC(C)(C)C#C[C@@]1(C)C[C@H]1Br. The fourth-order valence-electron chi connectivity index (χ4n) is 0.773. The number of halogens is 1. The van der Waals surface area contributed by atoms with Crippen LogP contribution >= 0.6 is 15.9 Å². The molecular weight excluding hydrogens is 200 g/mol. The van der Waals surface area contributed by atoms with Crippen LogP contribution in [-0.2, 0) is 0 Å². The van der Waals surface area contributed by atoms with Crippen LogP contribution < -0.4 is 0 Å². The molecule has 0 N–H and O–H groups in total. The van der Waals surface area contributed by atoms with Crippen LogP contribution in [0.5, 0.6) is 0 Å². The predicted octanol–water partition coefficient (Wildman–Crippen LogP) is 3.21. The minimum atomic E-state index is 0.151. The van der Waals surface area contributed by atoms with Gasteiger partial charge in [-0.15, -0.1) is 0 Å². The minimum Gasteiger partial charge on any atom is -0.0968 e. The molecule has 2 atom stereocenters. The maximum atomic E-state index is 3.57. The normalized spacial score (nSPS) is 35.9. The molecule has 11 heavy (non-hydrogen) atoms. The Morgan fingerprint density at radius 2 is 1.91 bits per heavy atom. The second kappa shape index (κ2) is 2.52. The van der Waals surface area contributed by atoms with E-state index in [1.54, 1.807) is 0 Å². The first-order chi connectivity index (χ1) is 4.83. The van der Waals surface area contributed by atoms with E-state index in [0.717, 1.165) is 0 Å². The lowest BCUT2D eigenvalue weighted by molar-refractivity contribution is 0.567. The fraction of sp³-hybridized carbons (Fsp3) is 0.800. The zero-order valence-electron chi connectivity index (χ0n) is 7.66. The summed E-state index contributed by atoms with van der Waals surface area (Å²) in [7, 11) is 0. The lowest BCUT2D eigenvalue weighted by Crippen LogP contribution is -2.02. The van der Waals surface area contributed by atoms with Crippen molar-refractivity contribution < 1.29 is 0 Å². The van der Waals surface area contributed by atoms with Crippen LogP contribution in [0.1, 0.15) is 34.1 Å². The first-order valence-corrected chi connectivity index (χ1v) is 4.93. The van der Waals surface area contributed by atoms with Gasteiger partial charge in [-0.25, -0.2) is 0 Å². The van der Waals surface area contributed by atoms with Gasteiger partial charge >= 0.3 is 0 Å². The van der Waals surface area contributed by atoms with E-state index in [9.17, 15) is 0 Å². The van der Waals surface area contributed by atoms with Gasteiger partial charge in [0, 0.05) is 15.7 Å². The van der Waals surface area contributed by atoms with Gasteiger partial charge in [-0.3, -0.25) is 0 Å². The monoisotopic (exact) mass is 214 g/mol. The molecule has 62 valence electrons. The van der Waals surface area contributed by atoms with Gasteiger partial charge in [0.25, 0.3) is 0 Å². The Morgan fingerprint density at radius 3 is 2.18 bits per heavy atom. The van der Waals surface area contributed by atoms with Crippen molar-refractivity contribution in [3.63, 3.8) is 0 Å². The van der Waals surface area contributed by atoms with E-state index in [-0.39, 0.29) is 10.8 Å². The Hall–Kier alpha value is 0.0400. The highest BCUT2D eigenvalue weighted by Gasteiger charge is 2.47. The van der Waals surface area contributed by atoms with E-state index in [1.165, 1.54) is 6.42 Å². The molecule has 1 aliphatic rings. The first kappa shape index (κ1) is 9.13. The molecule has 1 heteroatoms. The highest BCUT2D eigenvalue weighted by Crippen LogP contribution is 2.50. The molecule has 0 aromatic heterocycles. The highest BCUT2D eigenvalue weighted by molar-refractivity contribution is 9.09. The standard InChI is InChI=1S/C10H15Br/c1-9(2,3)5-6-10(4)7-8(10)11/h8H,7H2,1-4H3/t8-,10+/m1/s1. The molecule has 0 heterocycles. The Kier molecular flexibility index (Phi) is 2.09. The van der Waals surface area contributed by atoms with E-state index >= 15 is 0 Å². The average Bonchev–Trinajstić information content (AvgIpc) is 2.36. The molecule has 0 unspecified atom stereocenters. The molecule has 0 radical (unpaired) electrons. The van der Waals surface area contributed by atoms with E-state index in [2.05, 4.69) is 55.5 Å². The van der Waals surface area contributed by atoms with Crippen LogP contribution in [0.25, 0.3) is 0 Å². The average molecular weight is 215 g/mol. The van der Waals surface area contributed by atoms with Gasteiger partial charge in [0.15, 0.2) is 0 Å². The van der Waals surface area contributed by atoms with Gasteiger partial charge in [0.1, 0.15) is 0 Å². The molecule has 1 fully saturated rings. The molecule has 0 aromatic rings. The maximum Gasteiger partial charge on any atom is 0.0423 e. The Bertz CT molecular complexity index is 213. The van der Waals surface area contributed by atoms with Gasteiger partial charge in [0.2, 0.25) is 0 Å². The van der Waals surface area contributed by atoms with Crippen molar-refractivity contribution in [1.29, 1.82) is 0 Å². The second-order valence-electron chi connectivity index (χ2n) is 4.59. The van der Waals surface area contributed by atoms with Crippen LogP contribution in [0, 0.1) is 22.7 Å². The number of rotatable bonds is 0. The van der Waals surface area contributed by atoms with Crippen molar-refractivity contribution in [2.24, 2.45) is 10.8 Å². The third-order valence-electron chi connectivity index (χ3n) is 1.86. The summed E-state index contributed by atoms with van der Waals surface area (Å²) in [5.74, 6) is 6.60. The highest BCUT2D eigenvalue weighted by atomic mass is 79.9. The summed E-state index contributed by atoms with van der Waals surface area (Å²) in [4.78, 5) is 0.629. The Balaban J connectivity index is 2.59. The third-order valence-corrected chi connectivity index (χ3v) is 3.19. The second-order valence-corrected chi connectivity index (χ2v) is 5.69. The zero-order valence-corrected chi connectivity index (χ0v) is 9.25. The molecule has 1 saturated carbocycles. The predicted molar refractivity (Wildman–Crippen MR) is 52.7 cm³/mol. The summed E-state index contributed by atoms with van der Waals surface area (Å²) < 4.78 is 0. The van der Waals surface area contributed by atoms with Gasteiger partial charge in [-0.05, 0) is 34.1 Å². The Morgan fingerprint density at radius 1 is 1.45 bits per heavy atom. The molecule has 0 bridgehead atoms. The van der Waals surface area contributed by atoms with Crippen molar-refractivity contribution >= 4 is 15.9 Å². The third kappa shape index (κ3) is 2.52. The van der Waals surface area contributed by atoms with Crippen molar-refractivity contribution in [3.8, 4) is 11.8 Å². The van der Waals surface area contributed by atoms with Gasteiger partial charge in [-0.2, -0.15) is 0 Å². The van der Waals surface area contributed by atoms with Crippen molar-refractivity contribution in [2.75, 3.05) is 0 Å². The number of hydrogen-bond donors (Lipinski definition) is 0. The van der Waals surface area contributed by atoms with Gasteiger partial charge < -0.3 is 0 Å². The van der Waals surface area contributed by atoms with Crippen LogP contribution in [-0.4, -0.2) is 4.83 Å². The quantitative estimate of drug-likeness (QED) is 0.430. The first-order valence-electron chi connectivity index (χ1n) is 4.02. The molecular formula is C10H15Br. The van der Waals surface area contributed by atoms with E-state index in [4.69, 9.17) is 0 Å². The van der Waals surface area contributed by atoms with Crippen LogP contribution in [0.3, 0.4) is 0 Å². The van der Waals surface area contributed by atoms with Crippen molar-refractivity contribution in [2.45, 2.75) is 38.9 Å². The largest absolute Gasteiger partial charge is 0.0968 e. The van der Waals surface area contributed by atoms with Crippen LogP contribution in [0.4, 0.5) is 0 Å². The van der Waals surface area contributed by atoms with Crippen LogP contribution in [0.15, 0.2) is 0 Å². The molecule has 0 saturated heterocycles. The Labute approximate surface area is 77.9 Å². The molecule has 0 aromatic carbocycles. The number of alkyl halides is 1. The summed E-state index contributed by atoms with van der Waals surface area (Å²) in [6.45, 7) is 8.66. The smallest absolute Gasteiger partial charge is 0.0423 e.